The summed E-state index contributed by atoms with van der Waals surface area (Å²) >= 11 is 0. The van der Waals surface area contributed by atoms with Gasteiger partial charge in [0.2, 0.25) is 17.1 Å². The smallest absolute Gasteiger partial charge is 0.286 e. The predicted octanol–water partition coefficient (Wildman–Crippen LogP) is 8.62. The van der Waals surface area contributed by atoms with Gasteiger partial charge in [-0.25, -0.2) is 4.57 Å². The average molecular weight is 635 g/mol. The van der Waals surface area contributed by atoms with E-state index in [2.05, 4.69) is 181 Å². The van der Waals surface area contributed by atoms with E-state index in [1.54, 1.807) is 0 Å². The highest BCUT2D eigenvalue weighted by molar-refractivity contribution is 6.06. The number of pyridine rings is 3. The van der Waals surface area contributed by atoms with Crippen LogP contribution in [0.3, 0.4) is 0 Å². The molecular formula is C45H36N3O+3. The molecule has 6 heterocycles. The Balaban J connectivity index is 1.45. The van der Waals surface area contributed by atoms with Crippen LogP contribution < -0.4 is 13.7 Å². The molecule has 8 aromatic rings. The summed E-state index contributed by atoms with van der Waals surface area (Å²) in [6.45, 7) is 6.68. The highest BCUT2D eigenvalue weighted by Crippen LogP contribution is 2.55. The summed E-state index contributed by atoms with van der Waals surface area (Å²) in [6.07, 6.45) is 2.23. The maximum absolute atomic E-state index is 6.70. The van der Waals surface area contributed by atoms with E-state index in [-0.39, 0.29) is 6.04 Å². The molecule has 1 spiro atoms. The molecule has 0 amide bonds. The number of hydrogen-bond acceptors (Lipinski definition) is 1. The quantitative estimate of drug-likeness (QED) is 0.175. The molecule has 0 fully saturated rings. The molecule has 234 valence electrons. The van der Waals surface area contributed by atoms with Gasteiger partial charge in [0.25, 0.3) is 11.6 Å². The third kappa shape index (κ3) is 3.66. The minimum atomic E-state index is -0.602. The fourth-order valence-electron chi connectivity index (χ4n) is 9.18. The first-order chi connectivity index (χ1) is 24.0. The summed E-state index contributed by atoms with van der Waals surface area (Å²) in [5.74, 6) is 0. The summed E-state index contributed by atoms with van der Waals surface area (Å²) in [5, 5.41) is 2.26. The normalized spacial score (nSPS) is 17.3. The predicted molar refractivity (Wildman–Crippen MR) is 193 cm³/mol. The standard InChI is InChI=1S/C45H36N3O/c1-28-23-24-39(46(4)27-28)34-25-35-31-15-7-10-22-42(31)49-43(35)26-36(34)44-45(37-18-8-5-16-32(37)40-20-11-13-29(2)47(40)44)38-19-9-6-17-33(38)41-21-12-14-30(3)48(41)45/h5-27,44H,1-4H3/q+3. The number of para-hydroxylation sites is 1. The number of hydrogen-bond donors (Lipinski definition) is 0. The van der Waals surface area contributed by atoms with Crippen molar-refractivity contribution >= 4 is 21.9 Å². The molecule has 0 aliphatic carbocycles. The number of fused-ring (bicyclic) bond motifs is 12. The van der Waals surface area contributed by atoms with Gasteiger partial charge in [-0.2, -0.15) is 9.13 Å². The number of aryl methyl sites for hydroxylation is 4. The van der Waals surface area contributed by atoms with Crippen LogP contribution in [-0.4, -0.2) is 0 Å². The molecule has 0 saturated carbocycles. The summed E-state index contributed by atoms with van der Waals surface area (Å²) in [7, 11) is 2.17. The highest BCUT2D eigenvalue weighted by Gasteiger charge is 2.67. The van der Waals surface area contributed by atoms with Crippen molar-refractivity contribution in [3.05, 3.63) is 173 Å². The Kier molecular flexibility index (Phi) is 5.79. The Labute approximate surface area is 285 Å². The molecule has 0 radical (unpaired) electrons. The fraction of sp³-hybridized carbons (Fsp3) is 0.133. The highest BCUT2D eigenvalue weighted by atomic mass is 16.3. The van der Waals surface area contributed by atoms with Gasteiger partial charge in [-0.1, -0.05) is 54.6 Å². The van der Waals surface area contributed by atoms with Crippen LogP contribution in [0.4, 0.5) is 0 Å². The van der Waals surface area contributed by atoms with Gasteiger partial charge < -0.3 is 4.42 Å². The molecule has 49 heavy (non-hydrogen) atoms. The molecule has 2 unspecified atom stereocenters. The lowest BCUT2D eigenvalue weighted by atomic mass is 9.68. The number of benzene rings is 4. The molecule has 0 bridgehead atoms. The van der Waals surface area contributed by atoms with E-state index in [0.29, 0.717) is 0 Å². The van der Waals surface area contributed by atoms with Gasteiger partial charge in [-0.05, 0) is 55.5 Å². The Hall–Kier alpha value is -5.87. The lowest BCUT2D eigenvalue weighted by Gasteiger charge is -2.37. The van der Waals surface area contributed by atoms with E-state index in [1.807, 2.05) is 0 Å². The second-order valence-corrected chi connectivity index (χ2v) is 13.8. The first kappa shape index (κ1) is 28.2. The third-order valence-electron chi connectivity index (χ3n) is 11.1. The van der Waals surface area contributed by atoms with Crippen molar-refractivity contribution in [3.8, 4) is 33.8 Å². The number of nitrogens with zero attached hydrogens (tertiary/aromatic N) is 3. The number of aromatic nitrogens is 3. The van der Waals surface area contributed by atoms with Crippen LogP contribution in [0.25, 0.3) is 55.7 Å². The largest absolute Gasteiger partial charge is 0.456 e. The zero-order chi connectivity index (χ0) is 33.0. The molecule has 4 heteroatoms. The second-order valence-electron chi connectivity index (χ2n) is 13.8. The Bertz CT molecular complexity index is 2680. The Morgan fingerprint density at radius 3 is 2.00 bits per heavy atom. The average Bonchev–Trinajstić information content (AvgIpc) is 3.63. The van der Waals surface area contributed by atoms with E-state index in [4.69, 9.17) is 4.42 Å². The molecule has 2 aliphatic rings. The first-order valence-electron chi connectivity index (χ1n) is 17.1. The van der Waals surface area contributed by atoms with Crippen LogP contribution in [0.15, 0.2) is 144 Å². The van der Waals surface area contributed by atoms with Gasteiger partial charge in [-0.3, -0.25) is 0 Å². The van der Waals surface area contributed by atoms with Gasteiger partial charge in [0.15, 0.2) is 17.6 Å². The van der Waals surface area contributed by atoms with E-state index in [9.17, 15) is 0 Å². The van der Waals surface area contributed by atoms with Gasteiger partial charge in [-0.15, -0.1) is 0 Å². The molecule has 4 aromatic carbocycles. The molecule has 0 N–H and O–H groups in total. The van der Waals surface area contributed by atoms with Crippen molar-refractivity contribution in [2.24, 2.45) is 7.05 Å². The van der Waals surface area contributed by atoms with Crippen molar-refractivity contribution < 1.29 is 18.1 Å². The van der Waals surface area contributed by atoms with Crippen LogP contribution in [0.1, 0.15) is 39.7 Å². The van der Waals surface area contributed by atoms with Gasteiger partial charge in [0.1, 0.15) is 18.2 Å². The minimum absolute atomic E-state index is 0.166. The van der Waals surface area contributed by atoms with Crippen LogP contribution in [0, 0.1) is 20.8 Å². The van der Waals surface area contributed by atoms with E-state index < -0.39 is 5.54 Å². The summed E-state index contributed by atoms with van der Waals surface area (Å²) in [4.78, 5) is 0. The summed E-state index contributed by atoms with van der Waals surface area (Å²) < 4.78 is 14.2. The molecule has 4 nitrogen and oxygen atoms in total. The Morgan fingerprint density at radius 2 is 1.22 bits per heavy atom. The SMILES string of the molecule is Cc1ccc(-c2cc3c(cc2C2[n+]4c(C)cccc4-c4ccccc4C24c2ccccc2-c2cccc(C)[n+]24)oc2ccccc23)[n+](C)c1. The van der Waals surface area contributed by atoms with Crippen molar-refractivity contribution in [1.82, 2.24) is 0 Å². The zero-order valence-electron chi connectivity index (χ0n) is 28.1. The van der Waals surface area contributed by atoms with Crippen LogP contribution in [0.5, 0.6) is 0 Å². The van der Waals surface area contributed by atoms with Crippen LogP contribution in [-0.2, 0) is 12.6 Å². The lowest BCUT2D eigenvalue weighted by molar-refractivity contribution is -0.821. The van der Waals surface area contributed by atoms with Gasteiger partial charge in [0, 0.05) is 77.2 Å². The van der Waals surface area contributed by atoms with Crippen LogP contribution in [0.2, 0.25) is 0 Å². The second kappa shape index (κ2) is 10.1. The van der Waals surface area contributed by atoms with Crippen LogP contribution >= 0.6 is 0 Å². The monoisotopic (exact) mass is 634 g/mol. The Morgan fingerprint density at radius 1 is 0.551 bits per heavy atom. The maximum atomic E-state index is 6.70. The van der Waals surface area contributed by atoms with Crippen molar-refractivity contribution in [2.75, 3.05) is 0 Å². The molecule has 0 saturated heterocycles. The first-order valence-corrected chi connectivity index (χ1v) is 17.1. The van der Waals surface area contributed by atoms with Gasteiger partial charge in [0.05, 0.1) is 16.7 Å². The maximum Gasteiger partial charge on any atom is 0.286 e. The van der Waals surface area contributed by atoms with Crippen molar-refractivity contribution in [3.63, 3.8) is 0 Å². The molecular weight excluding hydrogens is 599 g/mol. The lowest BCUT2D eigenvalue weighted by Crippen LogP contribution is -2.70. The molecule has 4 aromatic heterocycles. The number of furan rings is 1. The van der Waals surface area contributed by atoms with E-state index >= 15 is 0 Å². The third-order valence-corrected chi connectivity index (χ3v) is 11.1. The molecule has 10 rings (SSSR count). The van der Waals surface area contributed by atoms with Crippen molar-refractivity contribution in [1.29, 1.82) is 0 Å². The van der Waals surface area contributed by atoms with Crippen molar-refractivity contribution in [2.45, 2.75) is 32.4 Å². The number of rotatable bonds is 2. The minimum Gasteiger partial charge on any atom is -0.456 e. The molecule has 2 aliphatic heterocycles. The zero-order valence-corrected chi connectivity index (χ0v) is 28.1. The summed E-state index contributed by atoms with van der Waals surface area (Å²) in [5.41, 5.74) is 16.1. The van der Waals surface area contributed by atoms with E-state index in [0.717, 1.165) is 21.9 Å². The topological polar surface area (TPSA) is 24.8 Å². The fourth-order valence-corrected chi connectivity index (χ4v) is 9.18. The summed E-state index contributed by atoms with van der Waals surface area (Å²) in [6, 6.07) is 49.1. The molecule has 2 atom stereocenters. The van der Waals surface area contributed by atoms with E-state index in [1.165, 1.54) is 67.4 Å². The van der Waals surface area contributed by atoms with Gasteiger partial charge >= 0.3 is 0 Å².